The highest BCUT2D eigenvalue weighted by atomic mass is 14.9. The summed E-state index contributed by atoms with van der Waals surface area (Å²) in [7, 11) is 0. The van der Waals surface area contributed by atoms with Crippen molar-refractivity contribution in [3.8, 4) is 0 Å². The largest absolute Gasteiger partial charge is 0.327 e. The Morgan fingerprint density at radius 1 is 1.60 bits per heavy atom. The summed E-state index contributed by atoms with van der Waals surface area (Å²) in [6.07, 6.45) is 2.57. The zero-order chi connectivity index (χ0) is 7.19. The topological polar surface area (TPSA) is 38.0 Å². The van der Waals surface area contributed by atoms with E-state index in [-0.39, 0.29) is 0 Å². The first-order valence-corrected chi connectivity index (χ1v) is 4.19. The van der Waals surface area contributed by atoms with Crippen LogP contribution in [-0.4, -0.2) is 19.1 Å². The van der Waals surface area contributed by atoms with Crippen LogP contribution in [0.25, 0.3) is 0 Å². The fraction of sp³-hybridized carbons (Fsp3) is 1.00. The molecular weight excluding hydrogens is 124 g/mol. The first kappa shape index (κ1) is 6.62. The van der Waals surface area contributed by atoms with Gasteiger partial charge in [0.15, 0.2) is 0 Å². The minimum atomic E-state index is 0.484. The number of nitrogens with two attached hydrogens (primary N) is 1. The second-order valence-electron chi connectivity index (χ2n) is 4.08. The molecule has 2 heteroatoms. The van der Waals surface area contributed by atoms with Crippen LogP contribution in [0.2, 0.25) is 0 Å². The third kappa shape index (κ3) is 0.722. The molecule has 0 aromatic heterocycles. The number of piperidine rings is 1. The van der Waals surface area contributed by atoms with Crippen LogP contribution in [0.5, 0.6) is 0 Å². The Labute approximate surface area is 62.2 Å². The van der Waals surface area contributed by atoms with Crippen LogP contribution in [0.4, 0.5) is 0 Å². The molecule has 2 aliphatic rings. The molecule has 2 nitrogen and oxygen atoms in total. The fourth-order valence-corrected chi connectivity index (χ4v) is 2.51. The molecule has 1 aliphatic carbocycles. The van der Waals surface area contributed by atoms with E-state index in [1.165, 1.54) is 19.4 Å². The first-order chi connectivity index (χ1) is 4.72. The molecule has 2 fully saturated rings. The highest BCUT2D eigenvalue weighted by molar-refractivity contribution is 5.04. The van der Waals surface area contributed by atoms with Gasteiger partial charge in [0.2, 0.25) is 0 Å². The number of hydrogen-bond donors (Lipinski definition) is 2. The van der Waals surface area contributed by atoms with Gasteiger partial charge in [-0.25, -0.2) is 0 Å². The van der Waals surface area contributed by atoms with Crippen molar-refractivity contribution in [3.63, 3.8) is 0 Å². The van der Waals surface area contributed by atoms with Crippen LogP contribution in [0.3, 0.4) is 0 Å². The van der Waals surface area contributed by atoms with E-state index in [9.17, 15) is 0 Å². The lowest BCUT2D eigenvalue weighted by Crippen LogP contribution is -2.61. The van der Waals surface area contributed by atoms with Gasteiger partial charge in [0.05, 0.1) is 0 Å². The quantitative estimate of drug-likeness (QED) is 0.509. The van der Waals surface area contributed by atoms with E-state index < -0.39 is 0 Å². The molecule has 0 bridgehead atoms. The molecule has 3 N–H and O–H groups in total. The van der Waals surface area contributed by atoms with Gasteiger partial charge in [0.1, 0.15) is 0 Å². The van der Waals surface area contributed by atoms with E-state index in [2.05, 4.69) is 12.2 Å². The Bertz CT molecular complexity index is 142. The molecule has 1 saturated heterocycles. The maximum Gasteiger partial charge on any atom is 0.00898 e. The van der Waals surface area contributed by atoms with Crippen molar-refractivity contribution < 1.29 is 0 Å². The summed E-state index contributed by atoms with van der Waals surface area (Å²) in [5.74, 6) is 0.765. The van der Waals surface area contributed by atoms with Gasteiger partial charge < -0.3 is 11.1 Å². The smallest absolute Gasteiger partial charge is 0.00898 e. The minimum Gasteiger partial charge on any atom is -0.327 e. The van der Waals surface area contributed by atoms with Crippen LogP contribution in [-0.2, 0) is 0 Å². The third-order valence-corrected chi connectivity index (χ3v) is 3.35. The van der Waals surface area contributed by atoms with Crippen LogP contribution < -0.4 is 11.1 Å². The normalized spacial score (nSPS) is 53.4. The zero-order valence-electron chi connectivity index (χ0n) is 6.56. The molecule has 3 atom stereocenters. The summed E-state index contributed by atoms with van der Waals surface area (Å²) >= 11 is 0. The lowest BCUT2D eigenvalue weighted by molar-refractivity contribution is -0.00683. The van der Waals surface area contributed by atoms with Crippen molar-refractivity contribution in [2.45, 2.75) is 25.8 Å². The molecule has 58 valence electrons. The van der Waals surface area contributed by atoms with Gasteiger partial charge >= 0.3 is 0 Å². The van der Waals surface area contributed by atoms with Crippen LogP contribution in [0.1, 0.15) is 19.8 Å². The summed E-state index contributed by atoms with van der Waals surface area (Å²) in [4.78, 5) is 0. The maximum atomic E-state index is 5.88. The molecule has 0 amide bonds. The van der Waals surface area contributed by atoms with E-state index in [1.807, 2.05) is 0 Å². The SMILES string of the molecule is CC12CCNCC1C(N)C2. The number of nitrogens with one attached hydrogen (secondary N) is 1. The lowest BCUT2D eigenvalue weighted by Gasteiger charge is -2.55. The second-order valence-corrected chi connectivity index (χ2v) is 4.08. The molecule has 1 aliphatic heterocycles. The summed E-state index contributed by atoms with van der Waals surface area (Å²) in [5, 5.41) is 3.39. The van der Waals surface area contributed by atoms with Crippen molar-refractivity contribution in [1.29, 1.82) is 0 Å². The second kappa shape index (κ2) is 1.95. The standard InChI is InChI=1S/C8H16N2/c1-8-2-3-10-5-6(8)7(9)4-8/h6-7,10H,2-5,9H2,1H3. The minimum absolute atomic E-state index is 0.484. The van der Waals surface area contributed by atoms with Gasteiger partial charge in [0, 0.05) is 6.04 Å². The highest BCUT2D eigenvalue weighted by Gasteiger charge is 2.49. The van der Waals surface area contributed by atoms with E-state index >= 15 is 0 Å². The molecule has 1 heterocycles. The maximum absolute atomic E-state index is 5.88. The lowest BCUT2D eigenvalue weighted by atomic mass is 9.55. The van der Waals surface area contributed by atoms with Crippen LogP contribution in [0, 0.1) is 11.3 Å². The summed E-state index contributed by atoms with van der Waals surface area (Å²) < 4.78 is 0. The van der Waals surface area contributed by atoms with E-state index in [4.69, 9.17) is 5.73 Å². The number of rotatable bonds is 0. The first-order valence-electron chi connectivity index (χ1n) is 4.19. The Kier molecular flexibility index (Phi) is 1.29. The highest BCUT2D eigenvalue weighted by Crippen LogP contribution is 2.49. The number of fused-ring (bicyclic) bond motifs is 1. The van der Waals surface area contributed by atoms with Crippen molar-refractivity contribution in [1.82, 2.24) is 5.32 Å². The van der Waals surface area contributed by atoms with Crippen LogP contribution in [0.15, 0.2) is 0 Å². The van der Waals surface area contributed by atoms with E-state index in [0.717, 1.165) is 12.5 Å². The van der Waals surface area contributed by atoms with E-state index in [0.29, 0.717) is 11.5 Å². The molecule has 0 aromatic rings. The molecule has 3 unspecified atom stereocenters. The van der Waals surface area contributed by atoms with Crippen LogP contribution >= 0.6 is 0 Å². The Morgan fingerprint density at radius 3 is 2.90 bits per heavy atom. The predicted octanol–water partition coefficient (Wildman–Crippen LogP) is 0.333. The zero-order valence-corrected chi connectivity index (χ0v) is 6.56. The summed E-state index contributed by atoms with van der Waals surface area (Å²) in [5.41, 5.74) is 6.48. The molecule has 0 spiro atoms. The van der Waals surface area contributed by atoms with Gasteiger partial charge in [-0.15, -0.1) is 0 Å². The molecule has 10 heavy (non-hydrogen) atoms. The predicted molar refractivity (Wildman–Crippen MR) is 41.7 cm³/mol. The van der Waals surface area contributed by atoms with Gasteiger partial charge in [-0.3, -0.25) is 0 Å². The molecule has 0 aromatic carbocycles. The number of hydrogen-bond acceptors (Lipinski definition) is 2. The van der Waals surface area contributed by atoms with Crippen molar-refractivity contribution in [2.24, 2.45) is 17.1 Å². The van der Waals surface area contributed by atoms with Crippen molar-refractivity contribution in [3.05, 3.63) is 0 Å². The average molecular weight is 140 g/mol. The van der Waals surface area contributed by atoms with Gasteiger partial charge in [-0.2, -0.15) is 0 Å². The molecular formula is C8H16N2. The van der Waals surface area contributed by atoms with Crippen molar-refractivity contribution in [2.75, 3.05) is 13.1 Å². The molecule has 0 radical (unpaired) electrons. The van der Waals surface area contributed by atoms with Gasteiger partial charge in [-0.1, -0.05) is 6.92 Å². The fourth-order valence-electron chi connectivity index (χ4n) is 2.51. The summed E-state index contributed by atoms with van der Waals surface area (Å²) in [6.45, 7) is 4.72. The van der Waals surface area contributed by atoms with Gasteiger partial charge in [-0.05, 0) is 37.3 Å². The average Bonchev–Trinajstić information content (AvgIpc) is 1.86. The monoisotopic (exact) mass is 140 g/mol. The molecule has 1 saturated carbocycles. The summed E-state index contributed by atoms with van der Waals surface area (Å²) in [6, 6.07) is 0.484. The van der Waals surface area contributed by atoms with Gasteiger partial charge in [0.25, 0.3) is 0 Å². The third-order valence-electron chi connectivity index (χ3n) is 3.35. The Hall–Kier alpha value is -0.0800. The Balaban J connectivity index is 2.06. The molecule has 2 rings (SSSR count). The van der Waals surface area contributed by atoms with E-state index in [1.54, 1.807) is 0 Å². The Morgan fingerprint density at radius 2 is 2.40 bits per heavy atom. The van der Waals surface area contributed by atoms with Crippen molar-refractivity contribution >= 4 is 0 Å².